The second-order valence-electron chi connectivity index (χ2n) is 20.0. The van der Waals surface area contributed by atoms with Crippen LogP contribution in [0.25, 0.3) is 0 Å². The van der Waals surface area contributed by atoms with Crippen LogP contribution in [0.5, 0.6) is 0 Å². The van der Waals surface area contributed by atoms with Crippen molar-refractivity contribution in [2.24, 2.45) is 56.2 Å². The van der Waals surface area contributed by atoms with E-state index in [0.29, 0.717) is 30.2 Å². The first kappa shape index (κ1) is 39.6. The lowest BCUT2D eigenvalue weighted by Crippen LogP contribution is -2.66. The highest BCUT2D eigenvalue weighted by Crippen LogP contribution is 2.77. The van der Waals surface area contributed by atoms with Crippen LogP contribution in [0.15, 0.2) is 35.7 Å². The molecule has 0 spiro atoms. The Kier molecular flexibility index (Phi) is 9.94. The van der Waals surface area contributed by atoms with Crippen molar-refractivity contribution in [3.05, 3.63) is 41.2 Å². The summed E-state index contributed by atoms with van der Waals surface area (Å²) in [5.41, 5.74) is 0.440. The Morgan fingerprint density at radius 3 is 2.23 bits per heavy atom. The summed E-state index contributed by atoms with van der Waals surface area (Å²) in [6.45, 7) is 19.5. The van der Waals surface area contributed by atoms with Gasteiger partial charge in [0.2, 0.25) is 0 Å². The van der Waals surface area contributed by atoms with Gasteiger partial charge in [-0.1, -0.05) is 54.0 Å². The van der Waals surface area contributed by atoms with Gasteiger partial charge in [-0.15, -0.1) is 0 Å². The zero-order valence-electron chi connectivity index (χ0n) is 33.9. The van der Waals surface area contributed by atoms with Crippen LogP contribution in [0.4, 0.5) is 0 Å². The molecule has 53 heavy (non-hydrogen) atoms. The van der Waals surface area contributed by atoms with E-state index in [9.17, 15) is 29.4 Å². The normalized spacial score (nSPS) is 36.9. The zero-order chi connectivity index (χ0) is 39.1. The summed E-state index contributed by atoms with van der Waals surface area (Å²) in [7, 11) is 1.73. The minimum absolute atomic E-state index is 0.00177. The van der Waals surface area contributed by atoms with Crippen molar-refractivity contribution in [1.29, 1.82) is 0 Å². The van der Waals surface area contributed by atoms with Gasteiger partial charge in [0.25, 0.3) is 5.91 Å². The molecular formula is C44H64N2O7. The molecule has 1 aromatic heterocycles. The molecular weight excluding hydrogens is 668 g/mol. The summed E-state index contributed by atoms with van der Waals surface area (Å²) in [6, 6.07) is 3.38. The first-order valence-corrected chi connectivity index (χ1v) is 20.1. The summed E-state index contributed by atoms with van der Waals surface area (Å²) in [5, 5.41) is 21.9. The van der Waals surface area contributed by atoms with Crippen LogP contribution in [0, 0.1) is 56.2 Å². The molecule has 2 N–H and O–H groups in total. The van der Waals surface area contributed by atoms with Crippen molar-refractivity contribution >= 4 is 23.6 Å². The second kappa shape index (κ2) is 13.3. The molecule has 1 aromatic rings. The molecule has 2 unspecified atom stereocenters. The number of nitrogens with zero attached hydrogens (tertiary/aromatic N) is 2. The standard InChI is InChI=1S/C44H64N2O7/c1-26(2)35-29(47)23-44(32(48)25-46(10)37(50)27-15-21-45-22-16-27)20-19-42(8)28(36(35)44)11-12-31-41(7)17-14-33(53-34(49)24-39(3,4)38(51)52)40(5,6)30(41)13-18-43(31,42)9/h15-16,21-22,26,28,30-33,48H,11-14,17-20,23-25H2,1-10H3,(H,51,52)/t28-,30+,31-,32?,33+,41+,42-,43-,44?/m1/s1. The number of carboxylic acid groups (broad SMARTS) is 1. The Morgan fingerprint density at radius 2 is 1.60 bits per heavy atom. The lowest BCUT2D eigenvalue weighted by atomic mass is 9.33. The van der Waals surface area contributed by atoms with E-state index in [2.05, 4.69) is 53.5 Å². The number of amides is 1. The fourth-order valence-corrected chi connectivity index (χ4v) is 13.1. The van der Waals surface area contributed by atoms with Crippen molar-refractivity contribution in [3.63, 3.8) is 0 Å². The van der Waals surface area contributed by atoms with Gasteiger partial charge in [0.15, 0.2) is 5.78 Å². The van der Waals surface area contributed by atoms with Crippen molar-refractivity contribution in [2.45, 2.75) is 139 Å². The number of fused-ring (bicyclic) bond motifs is 7. The van der Waals surface area contributed by atoms with Crippen LogP contribution in [0.1, 0.15) is 137 Å². The minimum atomic E-state index is -1.18. The van der Waals surface area contributed by atoms with Gasteiger partial charge in [-0.05, 0) is 123 Å². The molecule has 0 aromatic carbocycles. The van der Waals surface area contributed by atoms with Gasteiger partial charge in [0.05, 0.1) is 17.9 Å². The minimum Gasteiger partial charge on any atom is -0.481 e. The fraction of sp³-hybridized carbons (Fsp3) is 0.750. The number of ketones is 1. The Labute approximate surface area is 316 Å². The number of rotatable bonds is 9. The molecule has 1 heterocycles. The first-order chi connectivity index (χ1) is 24.6. The summed E-state index contributed by atoms with van der Waals surface area (Å²) in [4.78, 5) is 57.9. The van der Waals surface area contributed by atoms with E-state index in [-0.39, 0.29) is 64.3 Å². The quantitative estimate of drug-likeness (QED) is 0.245. The third-order valence-electron chi connectivity index (χ3n) is 16.2. The summed E-state index contributed by atoms with van der Waals surface area (Å²) < 4.78 is 6.15. The lowest BCUT2D eigenvalue weighted by molar-refractivity contribution is -0.235. The fourth-order valence-electron chi connectivity index (χ4n) is 13.1. The molecule has 6 rings (SSSR count). The molecule has 0 aliphatic heterocycles. The highest BCUT2D eigenvalue weighted by molar-refractivity contribution is 6.01. The number of likely N-dealkylation sites (N-methyl/N-ethyl adjacent to an activating group) is 1. The number of allylic oxidation sites excluding steroid dienone is 1. The maximum atomic E-state index is 14.1. The van der Waals surface area contributed by atoms with Crippen molar-refractivity contribution < 1.29 is 34.1 Å². The number of carboxylic acids is 1. The van der Waals surface area contributed by atoms with Crippen molar-refractivity contribution in [3.8, 4) is 0 Å². The van der Waals surface area contributed by atoms with E-state index < -0.39 is 28.9 Å². The third kappa shape index (κ3) is 6.01. The highest BCUT2D eigenvalue weighted by atomic mass is 16.5. The van der Waals surface area contributed by atoms with Crippen LogP contribution in [-0.2, 0) is 19.1 Å². The molecule has 4 saturated carbocycles. The van der Waals surface area contributed by atoms with Crippen molar-refractivity contribution in [1.82, 2.24) is 9.88 Å². The number of esters is 1. The van der Waals surface area contributed by atoms with Gasteiger partial charge in [-0.2, -0.15) is 0 Å². The lowest BCUT2D eigenvalue weighted by Gasteiger charge is -2.72. The largest absolute Gasteiger partial charge is 0.481 e. The zero-order valence-corrected chi connectivity index (χ0v) is 33.9. The molecule has 9 nitrogen and oxygen atoms in total. The molecule has 9 atom stereocenters. The smallest absolute Gasteiger partial charge is 0.309 e. The predicted molar refractivity (Wildman–Crippen MR) is 203 cm³/mol. The summed E-state index contributed by atoms with van der Waals surface area (Å²) >= 11 is 0. The molecule has 0 radical (unpaired) electrons. The Morgan fingerprint density at radius 1 is 0.943 bits per heavy atom. The number of hydrogen-bond acceptors (Lipinski definition) is 7. The maximum Gasteiger partial charge on any atom is 0.309 e. The molecule has 1 amide bonds. The molecule has 9 heteroatoms. The SMILES string of the molecule is CC(C)C1=C2[C@H]3CC[C@@H]4[C@@]5(C)CC[C@H](OC(=O)CC(C)(C)C(=O)O)C(C)(C)[C@@H]5CC[C@@]4(C)[C@]3(C)CCC2(C(O)CN(C)C(=O)c2ccncc2)CC1=O. The first-order valence-electron chi connectivity index (χ1n) is 20.1. The number of carbonyl (C=O) groups excluding carboxylic acids is 3. The number of aliphatic hydroxyl groups excluding tert-OH is 1. The van der Waals surface area contributed by atoms with Crippen LogP contribution < -0.4 is 0 Å². The maximum absolute atomic E-state index is 14.1. The van der Waals surface area contributed by atoms with Crippen LogP contribution >= 0.6 is 0 Å². The van der Waals surface area contributed by atoms with E-state index in [1.807, 2.05) is 0 Å². The second-order valence-corrected chi connectivity index (χ2v) is 20.0. The third-order valence-corrected chi connectivity index (χ3v) is 16.2. The molecule has 5 aliphatic rings. The van der Waals surface area contributed by atoms with E-state index in [4.69, 9.17) is 4.74 Å². The van der Waals surface area contributed by atoms with Gasteiger partial charge in [-0.25, -0.2) is 0 Å². The molecule has 4 fully saturated rings. The summed E-state index contributed by atoms with van der Waals surface area (Å²) in [5.74, 6) is -0.459. The average Bonchev–Trinajstić information content (AvgIpc) is 3.39. The molecule has 292 valence electrons. The number of aliphatic hydroxyl groups is 1. The average molecular weight is 733 g/mol. The van der Waals surface area contributed by atoms with Gasteiger partial charge in [0.1, 0.15) is 6.10 Å². The van der Waals surface area contributed by atoms with Crippen LogP contribution in [0.2, 0.25) is 0 Å². The number of aromatic nitrogens is 1. The number of pyridine rings is 1. The van der Waals surface area contributed by atoms with Crippen LogP contribution in [0.3, 0.4) is 0 Å². The number of ether oxygens (including phenoxy) is 1. The van der Waals surface area contributed by atoms with E-state index in [1.165, 1.54) is 5.57 Å². The molecule has 5 aliphatic carbocycles. The van der Waals surface area contributed by atoms with E-state index in [1.54, 1.807) is 50.3 Å². The monoisotopic (exact) mass is 732 g/mol. The number of aliphatic carboxylic acids is 1. The molecule has 0 bridgehead atoms. The van der Waals surface area contributed by atoms with E-state index >= 15 is 0 Å². The van der Waals surface area contributed by atoms with Gasteiger partial charge >= 0.3 is 11.9 Å². The number of hydrogen-bond donors (Lipinski definition) is 2. The Balaban J connectivity index is 1.28. The number of Topliss-reactive ketones (excluding diaryl/α,β-unsaturated/α-hetero) is 1. The predicted octanol–water partition coefficient (Wildman–Crippen LogP) is 7.91. The van der Waals surface area contributed by atoms with Gasteiger partial charge in [-0.3, -0.25) is 24.2 Å². The van der Waals surface area contributed by atoms with Gasteiger partial charge in [0, 0.05) is 48.8 Å². The van der Waals surface area contributed by atoms with Crippen molar-refractivity contribution in [2.75, 3.05) is 13.6 Å². The summed E-state index contributed by atoms with van der Waals surface area (Å²) in [6.07, 6.45) is 9.59. The van der Waals surface area contributed by atoms with Crippen LogP contribution in [-0.4, -0.2) is 69.5 Å². The Bertz CT molecular complexity index is 1680. The number of carbonyl (C=O) groups is 4. The highest BCUT2D eigenvalue weighted by Gasteiger charge is 2.71. The van der Waals surface area contributed by atoms with Gasteiger partial charge < -0.3 is 19.8 Å². The Hall–Kier alpha value is -3.07. The topological polar surface area (TPSA) is 134 Å². The van der Waals surface area contributed by atoms with E-state index in [0.717, 1.165) is 50.5 Å². The molecule has 0 saturated heterocycles.